The number of carbonyl (C=O) groups is 1. The summed E-state index contributed by atoms with van der Waals surface area (Å²) in [6.07, 6.45) is 2.62. The summed E-state index contributed by atoms with van der Waals surface area (Å²) >= 11 is 0. The maximum absolute atomic E-state index is 11.8. The van der Waals surface area contributed by atoms with E-state index < -0.39 is 20.5 Å². The van der Waals surface area contributed by atoms with Crippen molar-refractivity contribution in [1.29, 1.82) is 0 Å². The SMILES string of the molecule is CC(CCCN)NC(=O)C(C)(C)S(C)(=O)=O. The van der Waals surface area contributed by atoms with E-state index in [4.69, 9.17) is 5.73 Å². The normalized spacial score (nSPS) is 14.6. The second-order valence-corrected chi connectivity index (χ2v) is 7.15. The molecule has 0 aliphatic rings. The van der Waals surface area contributed by atoms with Gasteiger partial charge in [-0.05, 0) is 40.2 Å². The van der Waals surface area contributed by atoms with Crippen molar-refractivity contribution in [3.05, 3.63) is 0 Å². The molecule has 6 heteroatoms. The van der Waals surface area contributed by atoms with Gasteiger partial charge in [0.2, 0.25) is 5.91 Å². The predicted octanol–water partition coefficient (Wildman–Crippen LogP) is 0.0532. The molecule has 0 fully saturated rings. The molecule has 0 saturated heterocycles. The second-order valence-electron chi connectivity index (χ2n) is 4.59. The number of nitrogens with one attached hydrogen (secondary N) is 1. The largest absolute Gasteiger partial charge is 0.352 e. The highest BCUT2D eigenvalue weighted by atomic mass is 32.2. The first kappa shape index (κ1) is 15.4. The van der Waals surface area contributed by atoms with Crippen molar-refractivity contribution in [2.45, 2.75) is 44.4 Å². The van der Waals surface area contributed by atoms with E-state index in [1.54, 1.807) is 0 Å². The van der Waals surface area contributed by atoms with Gasteiger partial charge in [0.1, 0.15) is 4.75 Å². The lowest BCUT2D eigenvalue weighted by Crippen LogP contribution is -2.50. The highest BCUT2D eigenvalue weighted by Crippen LogP contribution is 2.15. The maximum Gasteiger partial charge on any atom is 0.241 e. The van der Waals surface area contributed by atoms with Gasteiger partial charge in [0.15, 0.2) is 9.84 Å². The van der Waals surface area contributed by atoms with Crippen molar-refractivity contribution in [3.63, 3.8) is 0 Å². The molecule has 0 spiro atoms. The van der Waals surface area contributed by atoms with Gasteiger partial charge in [-0.15, -0.1) is 0 Å². The summed E-state index contributed by atoms with van der Waals surface area (Å²) in [5.74, 6) is -0.459. The Morgan fingerprint density at radius 2 is 1.94 bits per heavy atom. The van der Waals surface area contributed by atoms with Crippen LogP contribution in [0, 0.1) is 0 Å². The van der Waals surface area contributed by atoms with Crippen LogP contribution >= 0.6 is 0 Å². The van der Waals surface area contributed by atoms with Gasteiger partial charge in [0.25, 0.3) is 0 Å². The van der Waals surface area contributed by atoms with Gasteiger partial charge in [-0.1, -0.05) is 0 Å². The average Bonchev–Trinajstić information content (AvgIpc) is 2.12. The molecule has 16 heavy (non-hydrogen) atoms. The van der Waals surface area contributed by atoms with E-state index in [2.05, 4.69) is 5.32 Å². The first-order chi connectivity index (χ1) is 7.13. The van der Waals surface area contributed by atoms with Crippen LogP contribution in [0.5, 0.6) is 0 Å². The second kappa shape index (κ2) is 5.63. The van der Waals surface area contributed by atoms with Crippen LogP contribution in [0.4, 0.5) is 0 Å². The Kier molecular flexibility index (Phi) is 5.41. The fourth-order valence-corrected chi connectivity index (χ4v) is 1.46. The number of rotatable bonds is 6. The molecule has 0 radical (unpaired) electrons. The fraction of sp³-hybridized carbons (Fsp3) is 0.900. The minimum absolute atomic E-state index is 0.0583. The van der Waals surface area contributed by atoms with Gasteiger partial charge in [0, 0.05) is 12.3 Å². The van der Waals surface area contributed by atoms with E-state index in [1.807, 2.05) is 6.92 Å². The zero-order chi connectivity index (χ0) is 13.0. The van der Waals surface area contributed by atoms with Crippen molar-refractivity contribution >= 4 is 15.7 Å². The quantitative estimate of drug-likeness (QED) is 0.697. The van der Waals surface area contributed by atoms with Crippen molar-refractivity contribution in [3.8, 4) is 0 Å². The van der Waals surface area contributed by atoms with Crippen LogP contribution in [0.25, 0.3) is 0 Å². The Hall–Kier alpha value is -0.620. The highest BCUT2D eigenvalue weighted by Gasteiger charge is 2.38. The van der Waals surface area contributed by atoms with Crippen LogP contribution in [0.2, 0.25) is 0 Å². The molecule has 0 saturated carbocycles. The number of hydrogen-bond donors (Lipinski definition) is 2. The standard InChI is InChI=1S/C10H22N2O3S/c1-8(6-5-7-11)12-9(13)10(2,3)16(4,14)15/h8H,5-7,11H2,1-4H3,(H,12,13). The lowest BCUT2D eigenvalue weighted by Gasteiger charge is -2.24. The van der Waals surface area contributed by atoms with Crippen molar-refractivity contribution in [2.75, 3.05) is 12.8 Å². The minimum Gasteiger partial charge on any atom is -0.352 e. The number of nitrogens with two attached hydrogens (primary N) is 1. The van der Waals surface area contributed by atoms with E-state index in [1.165, 1.54) is 13.8 Å². The number of sulfone groups is 1. The molecule has 0 bridgehead atoms. The molecular weight excluding hydrogens is 228 g/mol. The zero-order valence-corrected chi connectivity index (χ0v) is 11.2. The van der Waals surface area contributed by atoms with Gasteiger partial charge < -0.3 is 11.1 Å². The van der Waals surface area contributed by atoms with E-state index in [9.17, 15) is 13.2 Å². The lowest BCUT2D eigenvalue weighted by molar-refractivity contribution is -0.123. The average molecular weight is 250 g/mol. The molecule has 0 aromatic heterocycles. The summed E-state index contributed by atoms with van der Waals surface area (Å²) in [7, 11) is -3.40. The maximum atomic E-state index is 11.8. The Balaban J connectivity index is 4.48. The molecule has 1 amide bonds. The smallest absolute Gasteiger partial charge is 0.241 e. The van der Waals surface area contributed by atoms with E-state index in [0.29, 0.717) is 6.54 Å². The molecule has 0 aliphatic carbocycles. The molecule has 0 aromatic rings. The number of hydrogen-bond acceptors (Lipinski definition) is 4. The summed E-state index contributed by atoms with van der Waals surface area (Å²) in [6, 6.07) is -0.0583. The molecule has 3 N–H and O–H groups in total. The van der Waals surface area contributed by atoms with Gasteiger partial charge in [0.05, 0.1) is 0 Å². The Morgan fingerprint density at radius 1 is 1.44 bits per heavy atom. The Bertz CT molecular complexity index is 336. The van der Waals surface area contributed by atoms with E-state index >= 15 is 0 Å². The van der Waals surface area contributed by atoms with Gasteiger partial charge in [-0.3, -0.25) is 4.79 Å². The summed E-state index contributed by atoms with van der Waals surface area (Å²) in [4.78, 5) is 11.8. The third-order valence-electron chi connectivity index (χ3n) is 2.69. The molecule has 0 aliphatic heterocycles. The van der Waals surface area contributed by atoms with Crippen molar-refractivity contribution in [2.24, 2.45) is 5.73 Å². The third kappa shape index (κ3) is 4.09. The molecule has 0 aromatic carbocycles. The summed E-state index contributed by atoms with van der Waals surface area (Å²) in [5.41, 5.74) is 5.35. The van der Waals surface area contributed by atoms with Crippen LogP contribution in [0.3, 0.4) is 0 Å². The molecule has 1 atom stereocenters. The molecule has 0 heterocycles. The molecule has 5 nitrogen and oxygen atoms in total. The fourth-order valence-electron chi connectivity index (χ4n) is 1.06. The number of amides is 1. The Labute approximate surface area is 97.7 Å². The van der Waals surface area contributed by atoms with Crippen molar-refractivity contribution < 1.29 is 13.2 Å². The predicted molar refractivity (Wildman–Crippen MR) is 64.8 cm³/mol. The van der Waals surface area contributed by atoms with Crippen LogP contribution in [-0.4, -0.2) is 37.9 Å². The first-order valence-electron chi connectivity index (χ1n) is 5.33. The van der Waals surface area contributed by atoms with Gasteiger partial charge in [-0.2, -0.15) is 0 Å². The minimum atomic E-state index is -3.40. The monoisotopic (exact) mass is 250 g/mol. The molecule has 0 rings (SSSR count). The molecule has 96 valence electrons. The summed E-state index contributed by atoms with van der Waals surface area (Å²) in [5, 5.41) is 2.69. The topological polar surface area (TPSA) is 89.3 Å². The van der Waals surface area contributed by atoms with Crippen molar-refractivity contribution in [1.82, 2.24) is 5.32 Å². The van der Waals surface area contributed by atoms with Crippen LogP contribution in [-0.2, 0) is 14.6 Å². The van der Waals surface area contributed by atoms with Gasteiger partial charge in [-0.25, -0.2) is 8.42 Å². The first-order valence-corrected chi connectivity index (χ1v) is 7.22. The molecule has 1 unspecified atom stereocenters. The zero-order valence-electron chi connectivity index (χ0n) is 10.4. The van der Waals surface area contributed by atoms with Crippen LogP contribution in [0.1, 0.15) is 33.6 Å². The van der Waals surface area contributed by atoms with Gasteiger partial charge >= 0.3 is 0 Å². The summed E-state index contributed by atoms with van der Waals surface area (Å²) in [6.45, 7) is 5.22. The van der Waals surface area contributed by atoms with Crippen LogP contribution in [0.15, 0.2) is 0 Å². The van der Waals surface area contributed by atoms with E-state index in [0.717, 1.165) is 19.1 Å². The lowest BCUT2D eigenvalue weighted by atomic mass is 10.1. The van der Waals surface area contributed by atoms with E-state index in [-0.39, 0.29) is 6.04 Å². The number of carbonyl (C=O) groups excluding carboxylic acids is 1. The molecular formula is C10H22N2O3S. The highest BCUT2D eigenvalue weighted by molar-refractivity contribution is 7.92. The Morgan fingerprint density at radius 3 is 2.31 bits per heavy atom. The summed E-state index contributed by atoms with van der Waals surface area (Å²) < 4.78 is 21.4. The van der Waals surface area contributed by atoms with Crippen LogP contribution < -0.4 is 11.1 Å². The third-order valence-corrected chi connectivity index (χ3v) is 4.73.